The minimum absolute atomic E-state index is 0. The predicted octanol–water partition coefficient (Wildman–Crippen LogP) is 3.92. The summed E-state index contributed by atoms with van der Waals surface area (Å²) in [7, 11) is 4.31. The van der Waals surface area contributed by atoms with Crippen LogP contribution in [0.15, 0.2) is 0 Å². The SMILES string of the molecule is CCCCCCCCCCCCCC(=O)OCC[N+](C)(CCO)CCCCCC[N+](C)(CCO)CCOC(=O)CCCCCCCCCCCCC.[Br-].[Br-]. The zero-order valence-corrected chi connectivity index (χ0v) is 39.2. The van der Waals surface area contributed by atoms with Crippen LogP contribution in [0, 0.1) is 0 Å². The summed E-state index contributed by atoms with van der Waals surface area (Å²) in [6.45, 7) is 10.3. The number of carbonyl (C=O) groups is 2. The summed E-state index contributed by atoms with van der Waals surface area (Å²) >= 11 is 0. The Kier molecular flexibility index (Phi) is 45.5. The molecule has 0 radical (unpaired) electrons. The molecule has 0 saturated heterocycles. The first kappa shape index (κ1) is 58.1. The summed E-state index contributed by atoms with van der Waals surface area (Å²) in [4.78, 5) is 24.6. The number of hydrogen-bond donors (Lipinski definition) is 2. The number of rotatable bonds is 41. The fourth-order valence-electron chi connectivity index (χ4n) is 7.27. The normalized spacial score (nSPS) is 13.4. The molecule has 0 spiro atoms. The van der Waals surface area contributed by atoms with Gasteiger partial charge in [-0.15, -0.1) is 0 Å². The van der Waals surface area contributed by atoms with Gasteiger partial charge in [0, 0.05) is 12.8 Å². The number of likely N-dealkylation sites (N-methyl/N-ethyl adjacent to an activating group) is 2. The first-order valence-electron chi connectivity index (χ1n) is 22.4. The van der Waals surface area contributed by atoms with Crippen LogP contribution in [0.1, 0.15) is 194 Å². The van der Waals surface area contributed by atoms with E-state index < -0.39 is 0 Å². The number of quaternary nitrogens is 2. The smallest absolute Gasteiger partial charge is 0.305 e. The van der Waals surface area contributed by atoms with Crippen LogP contribution in [0.4, 0.5) is 0 Å². The highest BCUT2D eigenvalue weighted by Gasteiger charge is 2.23. The van der Waals surface area contributed by atoms with Gasteiger partial charge in [0.1, 0.15) is 39.4 Å². The van der Waals surface area contributed by atoms with Gasteiger partial charge in [-0.25, -0.2) is 0 Å². The molecule has 0 rings (SSSR count). The minimum Gasteiger partial charge on any atom is -1.00 e. The molecule has 0 saturated carbocycles. The van der Waals surface area contributed by atoms with Crippen molar-refractivity contribution in [2.45, 2.75) is 194 Å². The molecule has 0 aliphatic rings. The Morgan fingerprint density at radius 1 is 0.389 bits per heavy atom. The second-order valence-corrected chi connectivity index (χ2v) is 16.5. The third-order valence-corrected chi connectivity index (χ3v) is 11.2. The van der Waals surface area contributed by atoms with Gasteiger partial charge in [-0.3, -0.25) is 9.59 Å². The number of halogens is 2. The van der Waals surface area contributed by atoms with Crippen molar-refractivity contribution >= 4 is 11.9 Å². The zero-order chi connectivity index (χ0) is 38.4. The van der Waals surface area contributed by atoms with Crippen LogP contribution in [-0.4, -0.2) is 111 Å². The molecule has 0 aliphatic carbocycles. The van der Waals surface area contributed by atoms with E-state index >= 15 is 0 Å². The van der Waals surface area contributed by atoms with Gasteiger partial charge in [0.25, 0.3) is 0 Å². The Bertz CT molecular complexity index is 747. The molecule has 0 aromatic heterocycles. The lowest BCUT2D eigenvalue weighted by molar-refractivity contribution is -0.910. The summed E-state index contributed by atoms with van der Waals surface area (Å²) in [5, 5.41) is 19.4. The summed E-state index contributed by atoms with van der Waals surface area (Å²) in [5.41, 5.74) is 0. The number of unbranched alkanes of at least 4 members (excludes halogenated alkanes) is 23. The van der Waals surface area contributed by atoms with Gasteiger partial charge >= 0.3 is 11.9 Å². The molecule has 54 heavy (non-hydrogen) atoms. The minimum atomic E-state index is -0.0883. The lowest BCUT2D eigenvalue weighted by Crippen LogP contribution is -3.00. The Labute approximate surface area is 356 Å². The van der Waals surface area contributed by atoms with E-state index in [0.717, 1.165) is 77.5 Å². The van der Waals surface area contributed by atoms with E-state index in [0.29, 0.717) is 48.1 Å². The maximum atomic E-state index is 12.3. The van der Waals surface area contributed by atoms with Crippen molar-refractivity contribution in [2.24, 2.45) is 0 Å². The number of hydrogen-bond acceptors (Lipinski definition) is 6. The summed E-state index contributed by atoms with van der Waals surface area (Å²) in [6, 6.07) is 0. The molecule has 2 N–H and O–H groups in total. The standard InChI is InChI=1S/C44H90N2O6.2BrH/c1-5-7-9-11-13-15-17-19-21-23-27-31-43(49)51-41-37-45(3,35-39-47)33-29-25-26-30-34-46(4,36-40-48)38-42-52-44(50)32-28-24-22-20-18-16-14-12-10-8-6-2;;/h47-48H,5-42H2,1-4H3;2*1H/q+2;;/p-2. The van der Waals surface area contributed by atoms with E-state index in [1.54, 1.807) is 0 Å². The maximum absolute atomic E-state index is 12.3. The van der Waals surface area contributed by atoms with Crippen LogP contribution >= 0.6 is 0 Å². The fraction of sp³-hybridized carbons (Fsp3) is 0.955. The third-order valence-electron chi connectivity index (χ3n) is 11.2. The topological polar surface area (TPSA) is 93.1 Å². The number of esters is 2. The summed E-state index contributed by atoms with van der Waals surface area (Å²) < 4.78 is 12.6. The van der Waals surface area contributed by atoms with Crippen molar-refractivity contribution in [3.8, 4) is 0 Å². The van der Waals surface area contributed by atoms with Gasteiger partial charge in [0.05, 0.1) is 40.4 Å². The van der Waals surface area contributed by atoms with Crippen LogP contribution in [-0.2, 0) is 19.1 Å². The predicted molar refractivity (Wildman–Crippen MR) is 218 cm³/mol. The van der Waals surface area contributed by atoms with Gasteiger partial charge in [-0.05, 0) is 38.5 Å². The van der Waals surface area contributed by atoms with Crippen LogP contribution < -0.4 is 34.0 Å². The zero-order valence-electron chi connectivity index (χ0n) is 36.0. The van der Waals surface area contributed by atoms with Crippen molar-refractivity contribution in [1.82, 2.24) is 0 Å². The molecule has 0 fully saturated rings. The average molecular weight is 903 g/mol. The first-order valence-corrected chi connectivity index (χ1v) is 22.4. The summed E-state index contributed by atoms with van der Waals surface area (Å²) in [5.74, 6) is -0.177. The van der Waals surface area contributed by atoms with E-state index in [4.69, 9.17) is 9.47 Å². The number of ether oxygens (including phenoxy) is 2. The molecule has 8 nitrogen and oxygen atoms in total. The second kappa shape index (κ2) is 42.3. The molecule has 0 bridgehead atoms. The highest BCUT2D eigenvalue weighted by atomic mass is 79.9. The van der Waals surface area contributed by atoms with Crippen molar-refractivity contribution in [3.05, 3.63) is 0 Å². The number of carbonyl (C=O) groups excluding carboxylic acids is 2. The van der Waals surface area contributed by atoms with Gasteiger partial charge in [-0.1, -0.05) is 142 Å². The molecule has 0 aromatic carbocycles. The molecule has 2 atom stereocenters. The Morgan fingerprint density at radius 3 is 0.926 bits per heavy atom. The largest absolute Gasteiger partial charge is 1.00 e. The van der Waals surface area contributed by atoms with E-state index in [1.165, 1.54) is 116 Å². The lowest BCUT2D eigenvalue weighted by Gasteiger charge is -2.34. The second-order valence-electron chi connectivity index (χ2n) is 16.5. The number of aliphatic hydroxyl groups is 2. The van der Waals surface area contributed by atoms with Crippen molar-refractivity contribution in [2.75, 3.05) is 79.8 Å². The van der Waals surface area contributed by atoms with E-state index in [-0.39, 0.29) is 59.1 Å². The molecular formula is C44H90Br2N2O6. The highest BCUT2D eigenvalue weighted by Crippen LogP contribution is 2.15. The molecule has 326 valence electrons. The molecular weight excluding hydrogens is 812 g/mol. The van der Waals surface area contributed by atoms with Crippen LogP contribution in [0.3, 0.4) is 0 Å². The van der Waals surface area contributed by atoms with Gasteiger partial charge in [-0.2, -0.15) is 0 Å². The van der Waals surface area contributed by atoms with Gasteiger partial charge < -0.3 is 62.6 Å². The summed E-state index contributed by atoms with van der Waals surface area (Å²) in [6.07, 6.45) is 33.3. The van der Waals surface area contributed by atoms with E-state index in [1.807, 2.05) is 0 Å². The van der Waals surface area contributed by atoms with Crippen LogP contribution in [0.25, 0.3) is 0 Å². The van der Waals surface area contributed by atoms with Crippen molar-refractivity contribution in [1.29, 1.82) is 0 Å². The maximum Gasteiger partial charge on any atom is 0.305 e. The van der Waals surface area contributed by atoms with Crippen LogP contribution in [0.2, 0.25) is 0 Å². The first-order chi connectivity index (χ1) is 25.2. The Balaban J connectivity index is -0.0000130. The molecule has 0 heterocycles. The molecule has 0 aromatic rings. The number of aliphatic hydroxyl groups excluding tert-OH is 2. The van der Waals surface area contributed by atoms with E-state index in [2.05, 4.69) is 27.9 Å². The van der Waals surface area contributed by atoms with Gasteiger partial charge in [0.15, 0.2) is 0 Å². The lowest BCUT2D eigenvalue weighted by atomic mass is 10.1. The molecule has 10 heteroatoms. The van der Waals surface area contributed by atoms with Crippen molar-refractivity contribution in [3.63, 3.8) is 0 Å². The molecule has 0 aliphatic heterocycles. The Hall–Kier alpha value is -0.260. The average Bonchev–Trinajstić information content (AvgIpc) is 3.11. The van der Waals surface area contributed by atoms with E-state index in [9.17, 15) is 19.8 Å². The quantitative estimate of drug-likeness (QED) is 0.0550. The van der Waals surface area contributed by atoms with Crippen molar-refractivity contribution < 1.29 is 72.2 Å². The number of nitrogens with zero attached hydrogens (tertiary/aromatic N) is 2. The highest BCUT2D eigenvalue weighted by molar-refractivity contribution is 5.69. The van der Waals surface area contributed by atoms with Crippen LogP contribution in [0.5, 0.6) is 0 Å². The Morgan fingerprint density at radius 2 is 0.648 bits per heavy atom. The monoisotopic (exact) mass is 901 g/mol. The molecule has 2 unspecified atom stereocenters. The molecule has 0 amide bonds. The fourth-order valence-corrected chi connectivity index (χ4v) is 7.27. The third kappa shape index (κ3) is 38.6. The van der Waals surface area contributed by atoms with Gasteiger partial charge in [0.2, 0.25) is 0 Å².